The molecule has 16 heteroatoms. The van der Waals surface area contributed by atoms with Gasteiger partial charge in [0, 0.05) is 46.2 Å². The Labute approximate surface area is 354 Å². The monoisotopic (exact) mass is 833 g/mol. The molecule has 2 aromatic carbocycles. The number of aromatic nitrogens is 5. The minimum atomic E-state index is -0.708. The Balaban J connectivity index is 1.03. The molecule has 0 radical (unpaired) electrons. The molecule has 3 aliphatic rings. The number of fused-ring (bicyclic) bond motifs is 5. The Morgan fingerprint density at radius 3 is 1.80 bits per heavy atom. The molecule has 5 atom stereocenters. The smallest absolute Gasteiger partial charge is 0.407 e. The third-order valence-electron chi connectivity index (χ3n) is 12.4. The van der Waals surface area contributed by atoms with Crippen molar-refractivity contribution in [2.75, 3.05) is 27.3 Å². The number of aromatic amines is 3. The van der Waals surface area contributed by atoms with Gasteiger partial charge in [0.05, 0.1) is 55.8 Å². The van der Waals surface area contributed by atoms with Gasteiger partial charge in [0.15, 0.2) is 0 Å². The topological polar surface area (TPSA) is 200 Å². The van der Waals surface area contributed by atoms with Crippen LogP contribution in [0.25, 0.3) is 44.7 Å². The summed E-state index contributed by atoms with van der Waals surface area (Å²) in [5.41, 5.74) is 7.60. The zero-order valence-electron chi connectivity index (χ0n) is 35.8. The van der Waals surface area contributed by atoms with E-state index in [1.807, 2.05) is 49.8 Å². The van der Waals surface area contributed by atoms with E-state index in [1.54, 1.807) is 6.20 Å². The lowest BCUT2D eigenvalue weighted by Crippen LogP contribution is -2.51. The summed E-state index contributed by atoms with van der Waals surface area (Å²) in [5.74, 6) is 1.63. The largest absolute Gasteiger partial charge is 0.485 e. The number of methoxy groups -OCH3 is 2. The van der Waals surface area contributed by atoms with Crippen molar-refractivity contribution in [1.82, 2.24) is 45.4 Å². The first kappa shape index (κ1) is 41.4. The van der Waals surface area contributed by atoms with E-state index < -0.39 is 24.3 Å². The molecule has 322 valence electrons. The van der Waals surface area contributed by atoms with Crippen molar-refractivity contribution < 1.29 is 33.4 Å². The highest BCUT2D eigenvalue weighted by Gasteiger charge is 2.39. The average Bonchev–Trinajstić information content (AvgIpc) is 4.12. The highest BCUT2D eigenvalue weighted by Crippen LogP contribution is 2.48. The van der Waals surface area contributed by atoms with Gasteiger partial charge < -0.3 is 49.6 Å². The van der Waals surface area contributed by atoms with Crippen molar-refractivity contribution in [3.05, 3.63) is 66.0 Å². The maximum Gasteiger partial charge on any atom is 0.407 e. The van der Waals surface area contributed by atoms with Gasteiger partial charge >= 0.3 is 12.2 Å². The molecule has 5 aromatic rings. The summed E-state index contributed by atoms with van der Waals surface area (Å²) in [6.45, 7) is 10.9. The number of nitrogens with zero attached hydrogens (tertiary/aromatic N) is 4. The molecule has 3 aromatic heterocycles. The normalized spacial score (nSPS) is 19.4. The predicted molar refractivity (Wildman–Crippen MR) is 228 cm³/mol. The number of hydrogen-bond acceptors (Lipinski definition) is 9. The zero-order chi connectivity index (χ0) is 43.1. The van der Waals surface area contributed by atoms with E-state index in [9.17, 15) is 19.2 Å². The number of H-pyrrole nitrogens is 3. The first-order chi connectivity index (χ1) is 29.4. The number of ether oxygens (including phenoxy) is 3. The molecule has 2 saturated heterocycles. The highest BCUT2D eigenvalue weighted by molar-refractivity contribution is 5.96. The van der Waals surface area contributed by atoms with Gasteiger partial charge in [-0.3, -0.25) is 9.59 Å². The third kappa shape index (κ3) is 7.79. The van der Waals surface area contributed by atoms with Gasteiger partial charge in [0.25, 0.3) is 0 Å². The van der Waals surface area contributed by atoms with E-state index >= 15 is 0 Å². The maximum atomic E-state index is 13.7. The van der Waals surface area contributed by atoms with Crippen molar-refractivity contribution in [1.29, 1.82) is 0 Å². The number of alkyl carbamates (subject to hydrolysis) is 2. The number of nitrogens with one attached hydrogen (secondary N) is 5. The lowest BCUT2D eigenvalue weighted by molar-refractivity contribution is -0.136. The Morgan fingerprint density at radius 1 is 0.770 bits per heavy atom. The van der Waals surface area contributed by atoms with Crippen LogP contribution in [0.15, 0.2) is 48.8 Å². The second-order valence-electron chi connectivity index (χ2n) is 16.9. The number of benzene rings is 2. The van der Waals surface area contributed by atoms with Crippen molar-refractivity contribution >= 4 is 34.9 Å². The van der Waals surface area contributed by atoms with Crippen LogP contribution in [0.4, 0.5) is 9.59 Å². The van der Waals surface area contributed by atoms with Crippen molar-refractivity contribution in [2.24, 2.45) is 11.8 Å². The predicted octanol–water partition coefficient (Wildman–Crippen LogP) is 7.55. The Morgan fingerprint density at radius 2 is 1.30 bits per heavy atom. The number of imidazole rings is 2. The van der Waals surface area contributed by atoms with E-state index in [0.29, 0.717) is 24.7 Å². The van der Waals surface area contributed by atoms with Crippen LogP contribution in [0.5, 0.6) is 5.75 Å². The molecule has 0 spiro atoms. The minimum absolute atomic E-state index is 0.120. The summed E-state index contributed by atoms with van der Waals surface area (Å²) in [4.78, 5) is 75.3. The van der Waals surface area contributed by atoms with E-state index in [1.165, 1.54) is 14.2 Å². The standard InChI is InChI=1S/C45H55N9O7/c1-8-34-36-28-19-25(30-21-46-40(49-30)32-11-9-17-53(32)42(55)37(23(2)3)51-44(57)59-6)14-16-29(28)48-39(36)27-15-13-26(20-35(27)61-34)31-22-47-41(50-31)33-12-10-18-54(33)43(56)38(24(4)5)52-45(58)60-7/h13-16,19-24,32-34,37-38,48H,8-12,17-18H2,1-7H3,(H,46,49)(H,47,50)(H,51,57)(H,52,58)/t32-,33-,34?,37-,38-/m0/s1. The molecule has 4 amide bonds. The Kier molecular flexibility index (Phi) is 11.5. The van der Waals surface area contributed by atoms with Crippen LogP contribution in [-0.2, 0) is 19.1 Å². The van der Waals surface area contributed by atoms with E-state index in [0.717, 1.165) is 88.1 Å². The summed E-state index contributed by atoms with van der Waals surface area (Å²) in [6, 6.07) is 10.6. The number of likely N-dealkylation sites (tertiary alicyclic amines) is 2. The van der Waals surface area contributed by atoms with E-state index in [-0.39, 0.29) is 41.8 Å². The molecule has 5 N–H and O–H groups in total. The second-order valence-corrected chi connectivity index (χ2v) is 16.9. The number of carbonyl (C=O) groups is 4. The van der Waals surface area contributed by atoms with Gasteiger partial charge in [-0.15, -0.1) is 0 Å². The second kappa shape index (κ2) is 17.0. The third-order valence-corrected chi connectivity index (χ3v) is 12.4. The SMILES string of the molecule is CCC1Oc2cc(-c3cnc([C@@H]4CCCN4C(=O)[C@@H](NC(=O)OC)C(C)C)[nH]3)ccc2-c2[nH]c3ccc(-c4cnc([C@@H]5CCCN5C(=O)[C@@H](NC(=O)OC)C(C)C)[nH]4)cc3c21. The summed E-state index contributed by atoms with van der Waals surface area (Å²) in [7, 11) is 2.58. The first-order valence-electron chi connectivity index (χ1n) is 21.3. The maximum absolute atomic E-state index is 13.7. The quantitative estimate of drug-likeness (QED) is 0.0892. The lowest BCUT2D eigenvalue weighted by atomic mass is 9.94. The van der Waals surface area contributed by atoms with Crippen LogP contribution in [0.3, 0.4) is 0 Å². The van der Waals surface area contributed by atoms with Gasteiger partial charge in [0.1, 0.15) is 35.6 Å². The number of amides is 4. The van der Waals surface area contributed by atoms with Crippen molar-refractivity contribution in [3.8, 4) is 39.5 Å². The fraction of sp³-hybridized carbons (Fsp3) is 0.467. The highest BCUT2D eigenvalue weighted by atomic mass is 16.5. The van der Waals surface area contributed by atoms with Gasteiger partial charge in [-0.1, -0.05) is 46.8 Å². The van der Waals surface area contributed by atoms with Crippen molar-refractivity contribution in [3.63, 3.8) is 0 Å². The molecule has 0 aliphatic carbocycles. The lowest BCUT2D eigenvalue weighted by Gasteiger charge is -2.30. The first-order valence-corrected chi connectivity index (χ1v) is 21.3. The molecule has 8 rings (SSSR count). The number of carbonyl (C=O) groups excluding carboxylic acids is 4. The van der Waals surface area contributed by atoms with Crippen LogP contribution < -0.4 is 15.4 Å². The van der Waals surface area contributed by atoms with Crippen LogP contribution >= 0.6 is 0 Å². The fourth-order valence-electron chi connectivity index (χ4n) is 9.11. The summed E-state index contributed by atoms with van der Waals surface area (Å²) >= 11 is 0. The molecule has 0 bridgehead atoms. The van der Waals surface area contributed by atoms with Crippen LogP contribution in [0.2, 0.25) is 0 Å². The molecule has 0 saturated carbocycles. The van der Waals surface area contributed by atoms with Gasteiger partial charge in [-0.2, -0.15) is 0 Å². The van der Waals surface area contributed by atoms with Gasteiger partial charge in [-0.25, -0.2) is 19.6 Å². The number of rotatable bonds is 11. The fourth-order valence-corrected chi connectivity index (χ4v) is 9.11. The molecule has 3 aliphatic heterocycles. The average molecular weight is 834 g/mol. The molecule has 61 heavy (non-hydrogen) atoms. The number of hydrogen-bond donors (Lipinski definition) is 5. The summed E-state index contributed by atoms with van der Waals surface area (Å²) < 4.78 is 16.3. The van der Waals surface area contributed by atoms with Crippen LogP contribution in [-0.4, -0.2) is 98.1 Å². The molecular weight excluding hydrogens is 779 g/mol. The van der Waals surface area contributed by atoms with E-state index in [4.69, 9.17) is 24.2 Å². The summed E-state index contributed by atoms with van der Waals surface area (Å²) in [6.07, 6.45) is 6.09. The van der Waals surface area contributed by atoms with Crippen molar-refractivity contribution in [2.45, 2.75) is 97.0 Å². The Bertz CT molecular complexity index is 2450. The molecule has 2 fully saturated rings. The Hall–Kier alpha value is -6.32. The van der Waals surface area contributed by atoms with E-state index in [2.05, 4.69) is 62.8 Å². The minimum Gasteiger partial charge on any atom is -0.485 e. The van der Waals surface area contributed by atoms with Crippen LogP contribution in [0.1, 0.15) is 102 Å². The van der Waals surface area contributed by atoms with Gasteiger partial charge in [0.2, 0.25) is 11.8 Å². The zero-order valence-corrected chi connectivity index (χ0v) is 35.8. The molecule has 1 unspecified atom stereocenters. The van der Waals surface area contributed by atoms with Crippen LogP contribution in [0, 0.1) is 11.8 Å². The molecule has 16 nitrogen and oxygen atoms in total. The van der Waals surface area contributed by atoms with Gasteiger partial charge in [-0.05, 0) is 68.2 Å². The summed E-state index contributed by atoms with van der Waals surface area (Å²) in [5, 5.41) is 6.48. The molecule has 6 heterocycles. The molecular formula is C45H55N9O7.